The Morgan fingerprint density at radius 2 is 2.06 bits per heavy atom. The smallest absolute Gasteiger partial charge is 0.306 e. The number of carbonyl (C=O) groups excluding carboxylic acids is 1. The lowest BCUT2D eigenvalue weighted by molar-refractivity contribution is -0.153. The molecule has 0 radical (unpaired) electrons. The highest BCUT2D eigenvalue weighted by Gasteiger charge is 2.26. The molecule has 0 aromatic rings. The van der Waals surface area contributed by atoms with Crippen molar-refractivity contribution < 1.29 is 9.53 Å². The van der Waals surface area contributed by atoms with Crippen LogP contribution in [0.15, 0.2) is 0 Å². The van der Waals surface area contributed by atoms with Crippen molar-refractivity contribution in [2.75, 3.05) is 6.54 Å². The predicted molar refractivity (Wildman–Crippen MR) is 74.5 cm³/mol. The average molecular weight is 255 g/mol. The first kappa shape index (κ1) is 15.5. The molecular formula is C15H29NO2. The summed E-state index contributed by atoms with van der Waals surface area (Å²) in [5.41, 5.74) is 0. The molecule has 1 saturated carbocycles. The molecule has 1 fully saturated rings. The zero-order valence-corrected chi connectivity index (χ0v) is 12.2. The molecule has 2 atom stereocenters. The van der Waals surface area contributed by atoms with E-state index in [-0.39, 0.29) is 12.1 Å². The van der Waals surface area contributed by atoms with Crippen LogP contribution in [0.1, 0.15) is 65.7 Å². The van der Waals surface area contributed by atoms with Gasteiger partial charge in [-0.1, -0.05) is 27.2 Å². The number of carbonyl (C=O) groups is 1. The van der Waals surface area contributed by atoms with Crippen LogP contribution >= 0.6 is 0 Å². The van der Waals surface area contributed by atoms with Gasteiger partial charge >= 0.3 is 5.97 Å². The summed E-state index contributed by atoms with van der Waals surface area (Å²) in [7, 11) is 0. The Morgan fingerprint density at radius 3 is 2.72 bits per heavy atom. The van der Waals surface area contributed by atoms with E-state index in [1.807, 2.05) is 0 Å². The minimum Gasteiger partial charge on any atom is -0.462 e. The third kappa shape index (κ3) is 5.85. The van der Waals surface area contributed by atoms with Crippen molar-refractivity contribution in [2.24, 2.45) is 5.92 Å². The van der Waals surface area contributed by atoms with Crippen molar-refractivity contribution in [2.45, 2.75) is 77.9 Å². The van der Waals surface area contributed by atoms with Gasteiger partial charge in [0, 0.05) is 12.5 Å². The van der Waals surface area contributed by atoms with Crippen molar-refractivity contribution in [1.82, 2.24) is 5.32 Å². The van der Waals surface area contributed by atoms with Gasteiger partial charge in [-0.15, -0.1) is 0 Å². The number of hydrogen-bond donors (Lipinski definition) is 1. The largest absolute Gasteiger partial charge is 0.462 e. The van der Waals surface area contributed by atoms with Crippen LogP contribution in [-0.2, 0) is 9.53 Å². The van der Waals surface area contributed by atoms with Crippen LogP contribution in [0.2, 0.25) is 0 Å². The first-order chi connectivity index (χ1) is 8.63. The molecule has 0 aliphatic heterocycles. The number of ether oxygens (including phenoxy) is 1. The average Bonchev–Trinajstić information content (AvgIpc) is 2.35. The normalized spacial score (nSPS) is 24.2. The molecule has 18 heavy (non-hydrogen) atoms. The molecule has 3 nitrogen and oxygen atoms in total. The second kappa shape index (κ2) is 8.52. The van der Waals surface area contributed by atoms with Crippen molar-refractivity contribution in [3.63, 3.8) is 0 Å². The highest BCUT2D eigenvalue weighted by Crippen LogP contribution is 2.29. The van der Waals surface area contributed by atoms with Crippen molar-refractivity contribution >= 4 is 5.97 Å². The lowest BCUT2D eigenvalue weighted by atomic mass is 9.85. The third-order valence-corrected chi connectivity index (χ3v) is 3.76. The van der Waals surface area contributed by atoms with E-state index in [4.69, 9.17) is 4.74 Å². The fourth-order valence-corrected chi connectivity index (χ4v) is 2.65. The van der Waals surface area contributed by atoms with Gasteiger partial charge in [0.05, 0.1) is 0 Å². The molecule has 2 unspecified atom stereocenters. The summed E-state index contributed by atoms with van der Waals surface area (Å²) in [5, 5.41) is 3.32. The van der Waals surface area contributed by atoms with Gasteiger partial charge in [-0.25, -0.2) is 0 Å². The van der Waals surface area contributed by atoms with Gasteiger partial charge in [0.25, 0.3) is 0 Å². The summed E-state index contributed by atoms with van der Waals surface area (Å²) < 4.78 is 5.64. The fraction of sp³-hybridized carbons (Fsp3) is 0.933. The summed E-state index contributed by atoms with van der Waals surface area (Å²) in [6.45, 7) is 7.33. The topological polar surface area (TPSA) is 38.3 Å². The minimum absolute atomic E-state index is 0.00842. The molecule has 106 valence electrons. The molecule has 0 aromatic heterocycles. The monoisotopic (exact) mass is 255 g/mol. The molecule has 0 saturated heterocycles. The van der Waals surface area contributed by atoms with Gasteiger partial charge in [0.2, 0.25) is 0 Å². The van der Waals surface area contributed by atoms with E-state index >= 15 is 0 Å². The van der Waals surface area contributed by atoms with Gasteiger partial charge in [-0.05, 0) is 44.6 Å². The molecule has 1 aliphatic rings. The first-order valence-electron chi connectivity index (χ1n) is 7.56. The van der Waals surface area contributed by atoms with E-state index in [2.05, 4.69) is 26.1 Å². The quantitative estimate of drug-likeness (QED) is 0.560. The maximum absolute atomic E-state index is 11.8. The molecule has 0 amide bonds. The lowest BCUT2D eigenvalue weighted by Crippen LogP contribution is -2.30. The van der Waals surface area contributed by atoms with E-state index < -0.39 is 0 Å². The van der Waals surface area contributed by atoms with E-state index in [1.165, 1.54) is 19.3 Å². The molecule has 1 N–H and O–H groups in total. The van der Waals surface area contributed by atoms with E-state index in [1.54, 1.807) is 0 Å². The van der Waals surface area contributed by atoms with Crippen LogP contribution in [0.3, 0.4) is 0 Å². The van der Waals surface area contributed by atoms with Crippen molar-refractivity contribution in [3.05, 3.63) is 0 Å². The first-order valence-corrected chi connectivity index (χ1v) is 7.56. The number of rotatable bonds is 7. The Kier molecular flexibility index (Phi) is 7.33. The molecule has 0 bridgehead atoms. The third-order valence-electron chi connectivity index (χ3n) is 3.76. The maximum atomic E-state index is 11.8. The zero-order valence-electron chi connectivity index (χ0n) is 12.2. The van der Waals surface area contributed by atoms with Gasteiger partial charge in [-0.3, -0.25) is 4.79 Å². The van der Waals surface area contributed by atoms with Gasteiger partial charge in [-0.2, -0.15) is 0 Å². The highest BCUT2D eigenvalue weighted by atomic mass is 16.5. The van der Waals surface area contributed by atoms with Crippen molar-refractivity contribution in [3.8, 4) is 0 Å². The summed E-state index contributed by atoms with van der Waals surface area (Å²) >= 11 is 0. The van der Waals surface area contributed by atoms with Crippen molar-refractivity contribution in [1.29, 1.82) is 0 Å². The summed E-state index contributed by atoms with van der Waals surface area (Å²) in [6, 6.07) is 0.490. The number of esters is 1. The van der Waals surface area contributed by atoms with Crippen LogP contribution in [0.25, 0.3) is 0 Å². The van der Waals surface area contributed by atoms with Crippen LogP contribution in [0.4, 0.5) is 0 Å². The van der Waals surface area contributed by atoms with E-state index in [0.717, 1.165) is 25.8 Å². The van der Waals surface area contributed by atoms with E-state index in [0.29, 0.717) is 18.4 Å². The standard InChI is InChI=1S/C15H29NO2/c1-4-13-8-5-6-9-14(13)18-15(17)10-7-11-16-12(2)3/h12-14,16H,4-11H2,1-3H3. The van der Waals surface area contributed by atoms with Crippen LogP contribution in [0.5, 0.6) is 0 Å². The molecule has 1 aliphatic carbocycles. The van der Waals surface area contributed by atoms with E-state index in [9.17, 15) is 4.79 Å². The summed E-state index contributed by atoms with van der Waals surface area (Å²) in [4.78, 5) is 11.8. The number of hydrogen-bond acceptors (Lipinski definition) is 3. The van der Waals surface area contributed by atoms with Crippen LogP contribution in [0, 0.1) is 5.92 Å². The predicted octanol–water partition coefficient (Wildman–Crippen LogP) is 3.28. The SMILES string of the molecule is CCC1CCCCC1OC(=O)CCCNC(C)C. The van der Waals surface area contributed by atoms with Gasteiger partial charge in [0.1, 0.15) is 6.10 Å². The Hall–Kier alpha value is -0.570. The second-order valence-corrected chi connectivity index (χ2v) is 5.69. The maximum Gasteiger partial charge on any atom is 0.306 e. The Bertz CT molecular complexity index is 241. The zero-order chi connectivity index (χ0) is 13.4. The molecule has 0 aromatic carbocycles. The van der Waals surface area contributed by atoms with Crippen LogP contribution in [-0.4, -0.2) is 24.7 Å². The number of nitrogens with one attached hydrogen (secondary N) is 1. The molecule has 1 rings (SSSR count). The fourth-order valence-electron chi connectivity index (χ4n) is 2.65. The van der Waals surface area contributed by atoms with Crippen LogP contribution < -0.4 is 5.32 Å². The molecular weight excluding hydrogens is 226 g/mol. The Morgan fingerprint density at radius 1 is 1.33 bits per heavy atom. The molecule has 0 heterocycles. The Balaban J connectivity index is 2.18. The Labute approximate surface area is 112 Å². The summed E-state index contributed by atoms with van der Waals surface area (Å²) in [5.74, 6) is 0.586. The van der Waals surface area contributed by atoms with Gasteiger partial charge < -0.3 is 10.1 Å². The lowest BCUT2D eigenvalue weighted by Gasteiger charge is -2.30. The summed E-state index contributed by atoms with van der Waals surface area (Å²) in [6.07, 6.45) is 7.54. The minimum atomic E-state index is -0.00842. The highest BCUT2D eigenvalue weighted by molar-refractivity contribution is 5.69. The van der Waals surface area contributed by atoms with Gasteiger partial charge in [0.15, 0.2) is 0 Å². The molecule has 3 heteroatoms. The molecule has 0 spiro atoms. The second-order valence-electron chi connectivity index (χ2n) is 5.69.